The van der Waals surface area contributed by atoms with E-state index in [1.807, 2.05) is 18.2 Å². The van der Waals surface area contributed by atoms with Crippen LogP contribution in [-0.2, 0) is 12.8 Å². The second kappa shape index (κ2) is 5.48. The van der Waals surface area contributed by atoms with E-state index in [2.05, 4.69) is 12.1 Å². The van der Waals surface area contributed by atoms with Crippen molar-refractivity contribution in [3.8, 4) is 5.75 Å². The van der Waals surface area contributed by atoms with Gasteiger partial charge >= 0.3 is 0 Å². The fourth-order valence-corrected chi connectivity index (χ4v) is 1.87. The van der Waals surface area contributed by atoms with Crippen molar-refractivity contribution in [1.29, 1.82) is 0 Å². The molecule has 0 saturated carbocycles. The van der Waals surface area contributed by atoms with Crippen LogP contribution in [0.25, 0.3) is 0 Å². The molecule has 0 heterocycles. The van der Waals surface area contributed by atoms with Gasteiger partial charge in [0.1, 0.15) is 11.6 Å². The van der Waals surface area contributed by atoms with Gasteiger partial charge in [0.15, 0.2) is 0 Å². The lowest BCUT2D eigenvalue weighted by Crippen LogP contribution is -1.96. The highest BCUT2D eigenvalue weighted by Crippen LogP contribution is 2.21. The van der Waals surface area contributed by atoms with E-state index in [1.54, 1.807) is 19.2 Å². The minimum Gasteiger partial charge on any atom is -0.496 e. The monoisotopic (exact) mass is 230 g/mol. The first-order valence-corrected chi connectivity index (χ1v) is 5.66. The number of benzene rings is 2. The van der Waals surface area contributed by atoms with Gasteiger partial charge in [-0.25, -0.2) is 4.39 Å². The van der Waals surface area contributed by atoms with Crippen molar-refractivity contribution in [3.05, 3.63) is 65.5 Å². The molecule has 2 heteroatoms. The van der Waals surface area contributed by atoms with Gasteiger partial charge in [0.05, 0.1) is 7.11 Å². The highest BCUT2D eigenvalue weighted by molar-refractivity contribution is 5.34. The van der Waals surface area contributed by atoms with Gasteiger partial charge in [-0.05, 0) is 42.2 Å². The quantitative estimate of drug-likeness (QED) is 0.779. The van der Waals surface area contributed by atoms with Crippen LogP contribution >= 0.6 is 0 Å². The van der Waals surface area contributed by atoms with E-state index in [4.69, 9.17) is 4.74 Å². The van der Waals surface area contributed by atoms with Crippen LogP contribution in [0.15, 0.2) is 48.5 Å². The van der Waals surface area contributed by atoms with Crippen molar-refractivity contribution in [2.24, 2.45) is 0 Å². The van der Waals surface area contributed by atoms with Crippen molar-refractivity contribution in [1.82, 2.24) is 0 Å². The number of hydrogen-bond donors (Lipinski definition) is 0. The van der Waals surface area contributed by atoms with E-state index in [1.165, 1.54) is 11.6 Å². The molecule has 0 atom stereocenters. The van der Waals surface area contributed by atoms with Crippen LogP contribution in [0.1, 0.15) is 11.1 Å². The Hall–Kier alpha value is -1.83. The van der Waals surface area contributed by atoms with Crippen molar-refractivity contribution < 1.29 is 9.13 Å². The van der Waals surface area contributed by atoms with Gasteiger partial charge < -0.3 is 4.74 Å². The Bertz CT molecular complexity index is 480. The minimum absolute atomic E-state index is 0.214. The number of methoxy groups -OCH3 is 1. The molecule has 0 saturated heterocycles. The number of rotatable bonds is 4. The lowest BCUT2D eigenvalue weighted by Gasteiger charge is -2.08. The largest absolute Gasteiger partial charge is 0.496 e. The Morgan fingerprint density at radius 3 is 2.47 bits per heavy atom. The van der Waals surface area contributed by atoms with Crippen molar-refractivity contribution in [2.75, 3.05) is 7.11 Å². The summed E-state index contributed by atoms with van der Waals surface area (Å²) in [6.45, 7) is 0. The lowest BCUT2D eigenvalue weighted by atomic mass is 10.0. The summed E-state index contributed by atoms with van der Waals surface area (Å²) >= 11 is 0. The molecule has 2 aromatic rings. The maximum atomic E-state index is 13.2. The van der Waals surface area contributed by atoms with Crippen LogP contribution in [0, 0.1) is 5.82 Å². The van der Waals surface area contributed by atoms with Crippen LogP contribution in [0.4, 0.5) is 4.39 Å². The summed E-state index contributed by atoms with van der Waals surface area (Å²) < 4.78 is 18.4. The van der Waals surface area contributed by atoms with Gasteiger partial charge in [0, 0.05) is 0 Å². The van der Waals surface area contributed by atoms with Crippen molar-refractivity contribution in [3.63, 3.8) is 0 Å². The van der Waals surface area contributed by atoms with Crippen LogP contribution < -0.4 is 4.74 Å². The van der Waals surface area contributed by atoms with Gasteiger partial charge in [-0.1, -0.05) is 30.3 Å². The van der Waals surface area contributed by atoms with E-state index in [9.17, 15) is 4.39 Å². The van der Waals surface area contributed by atoms with Gasteiger partial charge in [0.25, 0.3) is 0 Å². The number of aryl methyl sites for hydroxylation is 2. The van der Waals surface area contributed by atoms with Crippen LogP contribution in [0.5, 0.6) is 5.75 Å². The number of halogens is 1. The van der Waals surface area contributed by atoms with Gasteiger partial charge in [0.2, 0.25) is 0 Å². The second-order valence-electron chi connectivity index (χ2n) is 3.94. The normalized spacial score (nSPS) is 10.2. The smallest absolute Gasteiger partial charge is 0.123 e. The molecule has 0 aliphatic rings. The summed E-state index contributed by atoms with van der Waals surface area (Å²) in [6.07, 6.45) is 1.67. The van der Waals surface area contributed by atoms with Gasteiger partial charge in [-0.2, -0.15) is 0 Å². The highest BCUT2D eigenvalue weighted by Gasteiger charge is 2.04. The topological polar surface area (TPSA) is 9.23 Å². The van der Waals surface area contributed by atoms with E-state index < -0.39 is 0 Å². The molecule has 0 aliphatic heterocycles. The zero-order valence-electron chi connectivity index (χ0n) is 9.82. The molecule has 0 N–H and O–H groups in total. The average molecular weight is 230 g/mol. The van der Waals surface area contributed by atoms with Crippen molar-refractivity contribution >= 4 is 0 Å². The molecular formula is C15H15FO. The molecule has 17 heavy (non-hydrogen) atoms. The highest BCUT2D eigenvalue weighted by atomic mass is 19.1. The Morgan fingerprint density at radius 2 is 1.76 bits per heavy atom. The summed E-state index contributed by atoms with van der Waals surface area (Å²) in [5.41, 5.74) is 2.16. The fourth-order valence-electron chi connectivity index (χ4n) is 1.87. The third kappa shape index (κ3) is 3.06. The molecule has 0 fully saturated rings. The zero-order valence-corrected chi connectivity index (χ0v) is 9.82. The molecule has 2 rings (SSSR count). The summed E-state index contributed by atoms with van der Waals surface area (Å²) in [4.78, 5) is 0. The molecule has 0 aliphatic carbocycles. The lowest BCUT2D eigenvalue weighted by molar-refractivity contribution is 0.408. The molecular weight excluding hydrogens is 215 g/mol. The molecule has 2 aromatic carbocycles. The molecule has 0 aromatic heterocycles. The summed E-state index contributed by atoms with van der Waals surface area (Å²) in [6, 6.07) is 14.8. The molecule has 0 unspecified atom stereocenters. The van der Waals surface area contributed by atoms with Gasteiger partial charge in [-0.15, -0.1) is 0 Å². The second-order valence-corrected chi connectivity index (χ2v) is 3.94. The molecule has 1 nitrogen and oxygen atoms in total. The molecule has 88 valence electrons. The third-order valence-electron chi connectivity index (χ3n) is 2.77. The standard InChI is InChI=1S/C15H15FO/c1-17-15-10-9-14(16)11-13(15)8-7-12-5-3-2-4-6-12/h2-6,9-11H,7-8H2,1H3. The Balaban J connectivity index is 2.11. The Labute approximate surface area is 101 Å². The van der Waals surface area contributed by atoms with Crippen LogP contribution in [-0.4, -0.2) is 7.11 Å². The molecule has 0 radical (unpaired) electrons. The minimum atomic E-state index is -0.214. The van der Waals surface area contributed by atoms with Crippen molar-refractivity contribution in [2.45, 2.75) is 12.8 Å². The number of hydrogen-bond acceptors (Lipinski definition) is 1. The Kier molecular flexibility index (Phi) is 3.76. The van der Waals surface area contributed by atoms with Gasteiger partial charge in [-0.3, -0.25) is 0 Å². The molecule has 0 bridgehead atoms. The molecule has 0 spiro atoms. The summed E-state index contributed by atoms with van der Waals surface area (Å²) in [5, 5.41) is 0. The molecule has 0 amide bonds. The van der Waals surface area contributed by atoms with E-state index in [0.717, 1.165) is 24.2 Å². The van der Waals surface area contributed by atoms with E-state index in [-0.39, 0.29) is 5.82 Å². The Morgan fingerprint density at radius 1 is 1.00 bits per heavy atom. The van der Waals surface area contributed by atoms with E-state index in [0.29, 0.717) is 0 Å². The maximum absolute atomic E-state index is 13.2. The first-order valence-electron chi connectivity index (χ1n) is 5.66. The SMILES string of the molecule is COc1ccc(F)cc1CCc1ccccc1. The fraction of sp³-hybridized carbons (Fsp3) is 0.200. The first kappa shape index (κ1) is 11.6. The van der Waals surface area contributed by atoms with E-state index >= 15 is 0 Å². The first-order chi connectivity index (χ1) is 8.29. The summed E-state index contributed by atoms with van der Waals surface area (Å²) in [7, 11) is 1.61. The summed E-state index contributed by atoms with van der Waals surface area (Å²) in [5.74, 6) is 0.538. The average Bonchev–Trinajstić information content (AvgIpc) is 2.38. The maximum Gasteiger partial charge on any atom is 0.123 e. The van der Waals surface area contributed by atoms with Crippen LogP contribution in [0.3, 0.4) is 0 Å². The third-order valence-corrected chi connectivity index (χ3v) is 2.77. The number of ether oxygens (including phenoxy) is 1. The van der Waals surface area contributed by atoms with Crippen LogP contribution in [0.2, 0.25) is 0 Å². The zero-order chi connectivity index (χ0) is 12.1. The predicted molar refractivity (Wildman–Crippen MR) is 66.8 cm³/mol. The predicted octanol–water partition coefficient (Wildman–Crippen LogP) is 3.62.